The van der Waals surface area contributed by atoms with Crippen LogP contribution >= 0.6 is 0 Å². The molecule has 1 saturated heterocycles. The number of allylic oxidation sites excluding steroid dienone is 2. The Morgan fingerprint density at radius 1 is 0.804 bits per heavy atom. The largest absolute Gasteiger partial charge is 0.489 e. The second-order valence-electron chi connectivity index (χ2n) is 12.6. The van der Waals surface area contributed by atoms with Gasteiger partial charge in [0.2, 0.25) is 0 Å². The van der Waals surface area contributed by atoms with E-state index in [1.54, 1.807) is 12.1 Å². The van der Waals surface area contributed by atoms with E-state index in [4.69, 9.17) is 14.2 Å². The van der Waals surface area contributed by atoms with Crippen LogP contribution in [0.4, 0.5) is 5.69 Å². The van der Waals surface area contributed by atoms with Gasteiger partial charge in [-0.25, -0.2) is 0 Å². The quantitative estimate of drug-likeness (QED) is 0.0850. The lowest BCUT2D eigenvalue weighted by Crippen LogP contribution is -2.40. The number of ether oxygens (including phenoxy) is 3. The van der Waals surface area contributed by atoms with E-state index < -0.39 is 5.60 Å². The number of hydrogen-bond donors (Lipinski definition) is 0. The molecule has 3 aromatic carbocycles. The molecule has 0 aromatic heterocycles. The molecular formula is C40H49NO5. The Morgan fingerprint density at radius 3 is 2.11 bits per heavy atom. The average molecular weight is 624 g/mol. The van der Waals surface area contributed by atoms with Crippen molar-refractivity contribution >= 4 is 11.3 Å². The summed E-state index contributed by atoms with van der Waals surface area (Å²) in [5, 5.41) is 11.2. The standard InChI is InChI=1S/C40H49NO5/c1-3-5-7-15-21-38-40(33-19-13-10-14-20-33,46-39(45-38)22-16-8-6-4-2)34-25-28-36(32-17-11-9-12-18-32)37(29-34)44-30-31-23-26-35(27-24-31)41(42)43/h9-14,17-20,23-24,26-27,29,38-39H,3-8,15-16,21-22,25,28,30H2,1-2H3/t38-,39-,40+/m0/s1. The summed E-state index contributed by atoms with van der Waals surface area (Å²) in [4.78, 5) is 10.8. The Bertz CT molecular complexity index is 1450. The minimum atomic E-state index is -0.701. The highest BCUT2D eigenvalue weighted by atomic mass is 16.7. The Hall–Kier alpha value is -3.74. The molecule has 1 aliphatic heterocycles. The fraction of sp³-hybridized carbons (Fsp3) is 0.450. The van der Waals surface area contributed by atoms with E-state index in [2.05, 4.69) is 74.5 Å². The highest BCUT2D eigenvalue weighted by Gasteiger charge is 2.53. The topological polar surface area (TPSA) is 70.8 Å². The van der Waals surface area contributed by atoms with Gasteiger partial charge in [0.05, 0.1) is 11.0 Å². The molecule has 3 aromatic rings. The molecule has 0 N–H and O–H groups in total. The number of rotatable bonds is 17. The van der Waals surface area contributed by atoms with Crippen molar-refractivity contribution < 1.29 is 19.1 Å². The molecule has 1 fully saturated rings. The van der Waals surface area contributed by atoms with Crippen LogP contribution in [0.5, 0.6) is 0 Å². The SMILES string of the molecule is CCCCCC[C@H]1O[C@@H](CCCCCC)[C@](C2=CC(OCc3ccc([N+](=O)[O-])cc3)=C(c3ccccc3)CC2)(c2ccccc2)O1. The Labute approximate surface area is 274 Å². The second kappa shape index (κ2) is 16.7. The lowest BCUT2D eigenvalue weighted by Gasteiger charge is -2.38. The van der Waals surface area contributed by atoms with Crippen LogP contribution in [0.15, 0.2) is 102 Å². The molecule has 0 amide bonds. The van der Waals surface area contributed by atoms with Gasteiger partial charge in [0.25, 0.3) is 5.69 Å². The van der Waals surface area contributed by atoms with Gasteiger partial charge in [0, 0.05) is 17.7 Å². The van der Waals surface area contributed by atoms with Crippen LogP contribution in [0.1, 0.15) is 108 Å². The minimum absolute atomic E-state index is 0.0743. The third-order valence-electron chi connectivity index (χ3n) is 9.29. The van der Waals surface area contributed by atoms with Crippen LogP contribution in [0.25, 0.3) is 5.57 Å². The Balaban J connectivity index is 1.53. The molecule has 3 atom stereocenters. The minimum Gasteiger partial charge on any atom is -0.489 e. The van der Waals surface area contributed by atoms with E-state index in [1.165, 1.54) is 56.2 Å². The van der Waals surface area contributed by atoms with Crippen molar-refractivity contribution in [2.75, 3.05) is 0 Å². The van der Waals surface area contributed by atoms with Gasteiger partial charge in [0.1, 0.15) is 18.0 Å². The van der Waals surface area contributed by atoms with Gasteiger partial charge in [-0.05, 0) is 72.6 Å². The van der Waals surface area contributed by atoms with Gasteiger partial charge in [-0.1, -0.05) is 119 Å². The van der Waals surface area contributed by atoms with Crippen LogP contribution in [0.3, 0.4) is 0 Å². The second-order valence-corrected chi connectivity index (χ2v) is 12.6. The van der Waals surface area contributed by atoms with Gasteiger partial charge >= 0.3 is 0 Å². The molecular weight excluding hydrogens is 574 g/mol. The molecule has 46 heavy (non-hydrogen) atoms. The fourth-order valence-electron chi connectivity index (χ4n) is 6.81. The van der Waals surface area contributed by atoms with Crippen molar-refractivity contribution in [3.8, 4) is 0 Å². The van der Waals surface area contributed by atoms with Crippen molar-refractivity contribution in [3.63, 3.8) is 0 Å². The number of benzene rings is 3. The van der Waals surface area contributed by atoms with Crippen molar-refractivity contribution in [1.82, 2.24) is 0 Å². The summed E-state index contributed by atoms with van der Waals surface area (Å²) in [5.74, 6) is 0.820. The van der Waals surface area contributed by atoms with Crippen LogP contribution in [0.2, 0.25) is 0 Å². The van der Waals surface area contributed by atoms with Gasteiger partial charge in [-0.2, -0.15) is 0 Å². The molecule has 0 saturated carbocycles. The number of nitro groups is 1. The van der Waals surface area contributed by atoms with E-state index in [0.717, 1.165) is 66.5 Å². The lowest BCUT2D eigenvalue weighted by atomic mass is 9.75. The van der Waals surface area contributed by atoms with Crippen LogP contribution in [-0.2, 0) is 26.4 Å². The molecule has 0 bridgehead atoms. The summed E-state index contributed by atoms with van der Waals surface area (Å²) in [6.07, 6.45) is 14.7. The van der Waals surface area contributed by atoms with Gasteiger partial charge in [-0.3, -0.25) is 10.1 Å². The normalized spacial score (nSPS) is 21.3. The highest BCUT2D eigenvalue weighted by Crippen LogP contribution is 2.51. The summed E-state index contributed by atoms with van der Waals surface area (Å²) < 4.78 is 20.7. The van der Waals surface area contributed by atoms with E-state index in [-0.39, 0.29) is 23.0 Å². The molecule has 1 heterocycles. The first kappa shape index (κ1) is 33.6. The summed E-state index contributed by atoms with van der Waals surface area (Å²) in [6, 6.07) is 27.7. The molecule has 6 heteroatoms. The molecule has 6 nitrogen and oxygen atoms in total. The molecule has 5 rings (SSSR count). The third kappa shape index (κ3) is 8.15. The summed E-state index contributed by atoms with van der Waals surface area (Å²) in [6.45, 7) is 4.80. The lowest BCUT2D eigenvalue weighted by molar-refractivity contribution is -0.384. The predicted octanol–water partition coefficient (Wildman–Crippen LogP) is 10.8. The zero-order valence-electron chi connectivity index (χ0n) is 27.5. The molecule has 1 aliphatic carbocycles. The van der Waals surface area contributed by atoms with Crippen molar-refractivity contribution in [2.45, 2.75) is 115 Å². The molecule has 0 unspecified atom stereocenters. The number of non-ortho nitro benzene ring substituents is 1. The summed E-state index contributed by atoms with van der Waals surface area (Å²) >= 11 is 0. The smallest absolute Gasteiger partial charge is 0.269 e. The van der Waals surface area contributed by atoms with Crippen molar-refractivity contribution in [2.24, 2.45) is 0 Å². The fourth-order valence-corrected chi connectivity index (χ4v) is 6.81. The number of nitro benzene ring substituents is 1. The van der Waals surface area contributed by atoms with E-state index in [0.29, 0.717) is 6.61 Å². The maximum atomic E-state index is 11.2. The molecule has 2 aliphatic rings. The first-order valence-electron chi connectivity index (χ1n) is 17.3. The predicted molar refractivity (Wildman–Crippen MR) is 184 cm³/mol. The molecule has 0 radical (unpaired) electrons. The maximum absolute atomic E-state index is 11.2. The zero-order chi connectivity index (χ0) is 32.2. The number of unbranched alkanes of at least 4 members (excludes halogenated alkanes) is 6. The van der Waals surface area contributed by atoms with Crippen molar-refractivity contribution in [1.29, 1.82) is 0 Å². The van der Waals surface area contributed by atoms with Gasteiger partial charge in [-0.15, -0.1) is 0 Å². The number of nitrogens with zero attached hydrogens (tertiary/aromatic N) is 1. The van der Waals surface area contributed by atoms with E-state index >= 15 is 0 Å². The highest BCUT2D eigenvalue weighted by molar-refractivity contribution is 5.72. The molecule has 0 spiro atoms. The summed E-state index contributed by atoms with van der Waals surface area (Å²) in [7, 11) is 0. The van der Waals surface area contributed by atoms with Gasteiger partial charge in [0.15, 0.2) is 6.29 Å². The van der Waals surface area contributed by atoms with E-state index in [1.807, 2.05) is 6.07 Å². The van der Waals surface area contributed by atoms with Crippen LogP contribution in [-0.4, -0.2) is 17.3 Å². The zero-order valence-corrected chi connectivity index (χ0v) is 27.5. The summed E-state index contributed by atoms with van der Waals surface area (Å²) in [5.41, 5.74) is 4.87. The monoisotopic (exact) mass is 623 g/mol. The molecule has 244 valence electrons. The first-order valence-corrected chi connectivity index (χ1v) is 17.3. The Morgan fingerprint density at radius 2 is 1.46 bits per heavy atom. The first-order chi connectivity index (χ1) is 22.5. The third-order valence-corrected chi connectivity index (χ3v) is 9.29. The van der Waals surface area contributed by atoms with Crippen LogP contribution < -0.4 is 0 Å². The van der Waals surface area contributed by atoms with Crippen LogP contribution in [0, 0.1) is 10.1 Å². The van der Waals surface area contributed by atoms with Gasteiger partial charge < -0.3 is 14.2 Å². The maximum Gasteiger partial charge on any atom is 0.269 e. The number of hydrogen-bond acceptors (Lipinski definition) is 5. The Kier molecular flexibility index (Phi) is 12.2. The van der Waals surface area contributed by atoms with E-state index in [9.17, 15) is 10.1 Å². The van der Waals surface area contributed by atoms with Crippen molar-refractivity contribution in [3.05, 3.63) is 129 Å². The average Bonchev–Trinajstić information content (AvgIpc) is 3.47.